The summed E-state index contributed by atoms with van der Waals surface area (Å²) in [6.07, 6.45) is 28.4. The zero-order valence-corrected chi connectivity index (χ0v) is 32.8. The fraction of sp³-hybridized carbons (Fsp3) is 0.947. The minimum absolute atomic E-state index is 0.0262. The van der Waals surface area contributed by atoms with Gasteiger partial charge < -0.3 is 27.9 Å². The van der Waals surface area contributed by atoms with Gasteiger partial charge in [0.05, 0.1) is 27.7 Å². The Labute approximate surface area is 295 Å². The maximum absolute atomic E-state index is 12.5. The lowest BCUT2D eigenvalue weighted by Gasteiger charge is -2.28. The number of carbonyl (C=O) groups excluding carboxylic acids is 2. The van der Waals surface area contributed by atoms with Crippen LogP contribution in [-0.4, -0.2) is 70.0 Å². The van der Waals surface area contributed by atoms with E-state index >= 15 is 0 Å². The van der Waals surface area contributed by atoms with E-state index < -0.39 is 26.5 Å². The highest BCUT2D eigenvalue weighted by atomic mass is 31.2. The van der Waals surface area contributed by atoms with E-state index in [1.54, 1.807) is 0 Å². The maximum atomic E-state index is 12.5. The van der Waals surface area contributed by atoms with Gasteiger partial charge in [0.15, 0.2) is 6.10 Å². The Morgan fingerprint density at radius 1 is 0.562 bits per heavy atom. The fourth-order valence-electron chi connectivity index (χ4n) is 5.48. The van der Waals surface area contributed by atoms with Crippen molar-refractivity contribution >= 4 is 19.8 Å². The summed E-state index contributed by atoms with van der Waals surface area (Å²) in [5, 5.41) is 0. The fourth-order valence-corrected chi connectivity index (χ4v) is 6.21. The quantitative estimate of drug-likeness (QED) is 0.0274. The molecule has 0 heterocycles. The number of unbranched alkanes of at least 4 members (excludes halogenated alkanes) is 22. The van der Waals surface area contributed by atoms with Gasteiger partial charge in [-0.2, -0.15) is 0 Å². The van der Waals surface area contributed by atoms with Gasteiger partial charge in [-0.25, -0.2) is 0 Å². The van der Waals surface area contributed by atoms with Gasteiger partial charge in [0.1, 0.15) is 19.8 Å². The summed E-state index contributed by atoms with van der Waals surface area (Å²) in [7, 11) is 1.18. The lowest BCUT2D eigenvalue weighted by Crippen LogP contribution is -2.37. The number of hydrogen-bond donors (Lipinski definition) is 0. The van der Waals surface area contributed by atoms with Crippen LogP contribution in [0.4, 0.5) is 0 Å². The third kappa shape index (κ3) is 34.9. The number of rotatable bonds is 36. The van der Waals surface area contributed by atoms with Crippen LogP contribution in [0.5, 0.6) is 0 Å². The molecule has 0 fully saturated rings. The molecular weight excluding hydrogens is 629 g/mol. The van der Waals surface area contributed by atoms with Gasteiger partial charge in [-0.05, 0) is 12.8 Å². The number of esters is 2. The second-order valence-corrected chi connectivity index (χ2v) is 16.1. The van der Waals surface area contributed by atoms with E-state index in [4.69, 9.17) is 18.5 Å². The predicted octanol–water partition coefficient (Wildman–Crippen LogP) is 9.83. The number of ether oxygens (including phenoxy) is 2. The van der Waals surface area contributed by atoms with Gasteiger partial charge in [-0.3, -0.25) is 14.2 Å². The van der Waals surface area contributed by atoms with Gasteiger partial charge in [0, 0.05) is 12.8 Å². The molecule has 0 N–H and O–H groups in total. The average Bonchev–Trinajstić information content (AvgIpc) is 3.02. The molecule has 1 unspecified atom stereocenters. The lowest BCUT2D eigenvalue weighted by molar-refractivity contribution is -0.870. The number of quaternary nitrogens is 1. The predicted molar refractivity (Wildman–Crippen MR) is 195 cm³/mol. The van der Waals surface area contributed by atoms with Crippen molar-refractivity contribution in [2.75, 3.05) is 47.5 Å². The molecule has 0 aromatic rings. The second kappa shape index (κ2) is 32.0. The Kier molecular flexibility index (Phi) is 31.3. The Bertz CT molecular complexity index is 804. The van der Waals surface area contributed by atoms with Crippen LogP contribution < -0.4 is 4.89 Å². The van der Waals surface area contributed by atoms with Crippen LogP contribution in [-0.2, 0) is 32.7 Å². The highest BCUT2D eigenvalue weighted by molar-refractivity contribution is 7.45. The van der Waals surface area contributed by atoms with E-state index in [2.05, 4.69) is 13.8 Å². The van der Waals surface area contributed by atoms with Crippen molar-refractivity contribution in [2.24, 2.45) is 0 Å². The van der Waals surface area contributed by atoms with E-state index in [-0.39, 0.29) is 32.0 Å². The summed E-state index contributed by atoms with van der Waals surface area (Å²) in [4.78, 5) is 37.3. The normalized spacial score (nSPS) is 13.7. The molecule has 0 aliphatic rings. The largest absolute Gasteiger partial charge is 0.756 e. The summed E-state index contributed by atoms with van der Waals surface area (Å²) in [5.74, 6) is -0.828. The third-order valence-corrected chi connectivity index (χ3v) is 9.59. The summed E-state index contributed by atoms with van der Waals surface area (Å²) in [6, 6.07) is 0. The molecule has 0 aromatic carbocycles. The molecular formula is C38H76NO8P. The molecule has 0 amide bonds. The molecule has 0 saturated heterocycles. The topological polar surface area (TPSA) is 111 Å². The highest BCUT2D eigenvalue weighted by Gasteiger charge is 2.21. The van der Waals surface area contributed by atoms with Gasteiger partial charge in [-0.1, -0.05) is 155 Å². The van der Waals surface area contributed by atoms with Crippen molar-refractivity contribution in [1.29, 1.82) is 0 Å². The number of hydrogen-bond acceptors (Lipinski definition) is 8. The van der Waals surface area contributed by atoms with Gasteiger partial charge in [0.2, 0.25) is 0 Å². The first-order valence-corrected chi connectivity index (χ1v) is 21.2. The molecule has 0 rings (SSSR count). The summed E-state index contributed by atoms with van der Waals surface area (Å²) in [6.45, 7) is 4.21. The van der Waals surface area contributed by atoms with Crippen LogP contribution in [0.2, 0.25) is 0 Å². The first-order valence-electron chi connectivity index (χ1n) is 19.7. The van der Waals surface area contributed by atoms with Gasteiger partial charge >= 0.3 is 11.9 Å². The Morgan fingerprint density at radius 2 is 0.938 bits per heavy atom. The van der Waals surface area contributed by atoms with Crippen LogP contribution in [0.25, 0.3) is 0 Å². The molecule has 2 atom stereocenters. The molecule has 48 heavy (non-hydrogen) atoms. The molecule has 0 bridgehead atoms. The molecule has 0 aliphatic carbocycles. The van der Waals surface area contributed by atoms with Crippen LogP contribution in [0.3, 0.4) is 0 Å². The SMILES string of the molecule is CCCCCCCCCCCCCCCCCC(=O)OC[C@H](COP(=O)([O-])OCC[N+](C)(C)C)OC(=O)CCCCCCCCCCC. The van der Waals surface area contributed by atoms with Crippen molar-refractivity contribution < 1.29 is 42.1 Å². The summed E-state index contributed by atoms with van der Waals surface area (Å²) in [5.41, 5.74) is 0. The summed E-state index contributed by atoms with van der Waals surface area (Å²) >= 11 is 0. The molecule has 0 spiro atoms. The number of likely N-dealkylation sites (N-methyl/N-ethyl adjacent to an activating group) is 1. The monoisotopic (exact) mass is 706 g/mol. The first-order chi connectivity index (χ1) is 23.0. The second-order valence-electron chi connectivity index (χ2n) is 14.7. The standard InChI is InChI=1S/C38H76NO8P/c1-6-8-10-12-14-16-17-18-19-20-21-23-24-26-28-30-37(40)44-34-36(35-46-48(42,43)45-33-32-39(3,4)5)47-38(41)31-29-27-25-22-15-13-11-9-7-2/h36H,6-35H2,1-5H3/t36-/m1/s1. The molecule has 0 aliphatic heterocycles. The Balaban J connectivity index is 4.33. The van der Waals surface area contributed by atoms with Crippen LogP contribution in [0.1, 0.15) is 181 Å². The smallest absolute Gasteiger partial charge is 0.306 e. The van der Waals surface area contributed by atoms with E-state index in [9.17, 15) is 19.0 Å². The van der Waals surface area contributed by atoms with E-state index in [1.165, 1.54) is 109 Å². The van der Waals surface area contributed by atoms with Crippen molar-refractivity contribution in [1.82, 2.24) is 0 Å². The third-order valence-electron chi connectivity index (χ3n) is 8.63. The molecule has 0 radical (unpaired) electrons. The highest BCUT2D eigenvalue weighted by Crippen LogP contribution is 2.38. The van der Waals surface area contributed by atoms with Crippen molar-refractivity contribution in [3.63, 3.8) is 0 Å². The van der Waals surface area contributed by atoms with Crippen LogP contribution >= 0.6 is 7.82 Å². The number of carbonyl (C=O) groups is 2. The zero-order valence-electron chi connectivity index (χ0n) is 32.0. The number of phosphoric ester groups is 1. The first kappa shape index (κ1) is 47.0. The van der Waals surface area contributed by atoms with Crippen LogP contribution in [0.15, 0.2) is 0 Å². The minimum atomic E-state index is -4.61. The van der Waals surface area contributed by atoms with Gasteiger partial charge in [-0.15, -0.1) is 0 Å². The molecule has 0 saturated carbocycles. The summed E-state index contributed by atoms with van der Waals surface area (Å²) < 4.78 is 33.7. The molecule has 10 heteroatoms. The molecule has 0 aromatic heterocycles. The zero-order chi connectivity index (χ0) is 35.8. The number of nitrogens with zero attached hydrogens (tertiary/aromatic N) is 1. The number of phosphoric acid groups is 1. The molecule has 286 valence electrons. The minimum Gasteiger partial charge on any atom is -0.756 e. The maximum Gasteiger partial charge on any atom is 0.306 e. The van der Waals surface area contributed by atoms with E-state index in [0.717, 1.165) is 38.5 Å². The van der Waals surface area contributed by atoms with Crippen molar-refractivity contribution in [3.8, 4) is 0 Å². The van der Waals surface area contributed by atoms with Crippen LogP contribution in [0, 0.1) is 0 Å². The van der Waals surface area contributed by atoms with E-state index in [1.807, 2.05) is 21.1 Å². The molecule has 9 nitrogen and oxygen atoms in total. The van der Waals surface area contributed by atoms with Gasteiger partial charge in [0.25, 0.3) is 7.82 Å². The Hall–Kier alpha value is -0.990. The van der Waals surface area contributed by atoms with Crippen molar-refractivity contribution in [3.05, 3.63) is 0 Å². The average molecular weight is 706 g/mol. The van der Waals surface area contributed by atoms with Crippen molar-refractivity contribution in [2.45, 2.75) is 187 Å². The lowest BCUT2D eigenvalue weighted by atomic mass is 10.0. The van der Waals surface area contributed by atoms with E-state index in [0.29, 0.717) is 17.4 Å². The Morgan fingerprint density at radius 3 is 1.33 bits per heavy atom.